The maximum Gasteiger partial charge on any atom is 0.207 e. The highest BCUT2D eigenvalue weighted by Crippen LogP contribution is 2.43. The maximum atomic E-state index is 12.5. The number of sulfone groups is 1. The summed E-state index contributed by atoms with van der Waals surface area (Å²) in [6.45, 7) is 3.94. The van der Waals surface area contributed by atoms with Gasteiger partial charge in [-0.15, -0.1) is 0 Å². The first-order valence-corrected chi connectivity index (χ1v) is 7.51. The van der Waals surface area contributed by atoms with Crippen molar-refractivity contribution >= 4 is 9.84 Å². The predicted octanol–water partition coefficient (Wildman–Crippen LogP) is 3.37. The van der Waals surface area contributed by atoms with E-state index in [1.807, 2.05) is 38.1 Å². The van der Waals surface area contributed by atoms with Gasteiger partial charge in [0.05, 0.1) is 9.79 Å². The van der Waals surface area contributed by atoms with Crippen LogP contribution >= 0.6 is 0 Å². The first kappa shape index (κ1) is 11.5. The van der Waals surface area contributed by atoms with E-state index in [1.165, 1.54) is 0 Å². The molecule has 2 nitrogen and oxygen atoms in total. The monoisotopic (exact) mass is 258 g/mol. The second-order valence-corrected chi connectivity index (χ2v) is 6.57. The Kier molecular flexibility index (Phi) is 2.35. The topological polar surface area (TPSA) is 34.1 Å². The van der Waals surface area contributed by atoms with E-state index in [0.29, 0.717) is 9.79 Å². The van der Waals surface area contributed by atoms with Crippen LogP contribution < -0.4 is 0 Å². The molecule has 0 aromatic heterocycles. The zero-order chi connectivity index (χ0) is 12.9. The van der Waals surface area contributed by atoms with Crippen LogP contribution in [0.5, 0.6) is 0 Å². The van der Waals surface area contributed by atoms with Gasteiger partial charge < -0.3 is 0 Å². The van der Waals surface area contributed by atoms with E-state index in [4.69, 9.17) is 0 Å². The highest BCUT2D eigenvalue weighted by Gasteiger charge is 2.32. The van der Waals surface area contributed by atoms with Crippen LogP contribution in [0.2, 0.25) is 0 Å². The van der Waals surface area contributed by atoms with Crippen LogP contribution in [-0.2, 0) is 16.3 Å². The van der Waals surface area contributed by atoms with Crippen LogP contribution in [0.15, 0.2) is 46.2 Å². The van der Waals surface area contributed by atoms with Crippen LogP contribution in [0.4, 0.5) is 0 Å². The lowest BCUT2D eigenvalue weighted by atomic mass is 10.0. The van der Waals surface area contributed by atoms with Crippen molar-refractivity contribution in [1.29, 1.82) is 0 Å². The van der Waals surface area contributed by atoms with E-state index < -0.39 is 9.84 Å². The Morgan fingerprint density at radius 2 is 1.56 bits per heavy atom. The Morgan fingerprint density at radius 3 is 2.22 bits per heavy atom. The molecule has 0 unspecified atom stereocenters. The molecular weight excluding hydrogens is 244 g/mol. The van der Waals surface area contributed by atoms with Crippen molar-refractivity contribution in [3.63, 3.8) is 0 Å². The quantitative estimate of drug-likeness (QED) is 0.670. The number of benzene rings is 2. The van der Waals surface area contributed by atoms with Crippen LogP contribution in [0.1, 0.15) is 18.1 Å². The third-order valence-corrected chi connectivity index (χ3v) is 5.29. The average Bonchev–Trinajstić information content (AvgIpc) is 2.58. The van der Waals surface area contributed by atoms with E-state index in [2.05, 4.69) is 0 Å². The number of hydrogen-bond donors (Lipinski definition) is 0. The molecular formula is C15H14O2S. The third-order valence-electron chi connectivity index (χ3n) is 3.46. The second-order valence-electron chi connectivity index (χ2n) is 4.69. The van der Waals surface area contributed by atoms with Gasteiger partial charge in [-0.25, -0.2) is 8.42 Å². The summed E-state index contributed by atoms with van der Waals surface area (Å²) < 4.78 is 25.0. The van der Waals surface area contributed by atoms with Crippen molar-refractivity contribution in [1.82, 2.24) is 0 Å². The molecule has 92 valence electrons. The van der Waals surface area contributed by atoms with Gasteiger partial charge in [0.25, 0.3) is 0 Å². The molecule has 18 heavy (non-hydrogen) atoms. The van der Waals surface area contributed by atoms with Crippen molar-refractivity contribution in [2.75, 3.05) is 0 Å². The van der Waals surface area contributed by atoms with Gasteiger partial charge >= 0.3 is 0 Å². The zero-order valence-electron chi connectivity index (χ0n) is 10.4. The van der Waals surface area contributed by atoms with Gasteiger partial charge in [-0.1, -0.05) is 31.2 Å². The van der Waals surface area contributed by atoms with E-state index in [9.17, 15) is 8.42 Å². The van der Waals surface area contributed by atoms with E-state index in [-0.39, 0.29) is 0 Å². The fourth-order valence-electron chi connectivity index (χ4n) is 2.42. The summed E-state index contributed by atoms with van der Waals surface area (Å²) in [5.74, 6) is 0. The van der Waals surface area contributed by atoms with Crippen molar-refractivity contribution in [2.45, 2.75) is 30.1 Å². The van der Waals surface area contributed by atoms with Gasteiger partial charge in [-0.3, -0.25) is 0 Å². The van der Waals surface area contributed by atoms with E-state index in [0.717, 1.165) is 28.7 Å². The van der Waals surface area contributed by atoms with Gasteiger partial charge in [0.15, 0.2) is 0 Å². The molecule has 0 aliphatic carbocycles. The normalized spacial score (nSPS) is 15.2. The number of hydrogen-bond acceptors (Lipinski definition) is 2. The van der Waals surface area contributed by atoms with Gasteiger partial charge in [0.1, 0.15) is 0 Å². The molecule has 0 spiro atoms. The molecule has 2 aromatic rings. The molecule has 3 heteroatoms. The lowest BCUT2D eigenvalue weighted by molar-refractivity contribution is 0.598. The minimum Gasteiger partial charge on any atom is -0.218 e. The Bertz CT molecular complexity index is 743. The number of fused-ring (bicyclic) bond motifs is 3. The van der Waals surface area contributed by atoms with E-state index in [1.54, 1.807) is 12.1 Å². The molecule has 3 rings (SSSR count). The first-order chi connectivity index (χ1) is 8.54. The predicted molar refractivity (Wildman–Crippen MR) is 71.4 cm³/mol. The molecule has 1 heterocycles. The summed E-state index contributed by atoms with van der Waals surface area (Å²) >= 11 is 0. The van der Waals surface area contributed by atoms with Crippen molar-refractivity contribution in [3.05, 3.63) is 47.5 Å². The SMILES string of the molecule is CCc1ccc2c(c1)S(=O)(=O)c1cc(C)ccc1-2. The second kappa shape index (κ2) is 3.69. The lowest BCUT2D eigenvalue weighted by Gasteiger charge is -2.01. The molecule has 0 amide bonds. The molecule has 2 aromatic carbocycles. The number of aryl methyl sites for hydroxylation is 2. The molecule has 0 bridgehead atoms. The highest BCUT2D eigenvalue weighted by molar-refractivity contribution is 7.92. The molecule has 0 radical (unpaired) electrons. The summed E-state index contributed by atoms with van der Waals surface area (Å²) in [6, 6.07) is 11.4. The molecule has 0 saturated carbocycles. The lowest BCUT2D eigenvalue weighted by Crippen LogP contribution is -1.97. The van der Waals surface area contributed by atoms with E-state index >= 15 is 0 Å². The molecule has 0 saturated heterocycles. The molecule has 0 fully saturated rings. The first-order valence-electron chi connectivity index (χ1n) is 6.03. The fourth-order valence-corrected chi connectivity index (χ4v) is 4.24. The van der Waals surface area contributed by atoms with Crippen molar-refractivity contribution in [2.24, 2.45) is 0 Å². The number of rotatable bonds is 1. The summed E-state index contributed by atoms with van der Waals surface area (Å²) in [5, 5.41) is 0. The van der Waals surface area contributed by atoms with Crippen molar-refractivity contribution < 1.29 is 8.42 Å². The Morgan fingerprint density at radius 1 is 0.944 bits per heavy atom. The average molecular weight is 258 g/mol. The third kappa shape index (κ3) is 1.44. The van der Waals surface area contributed by atoms with Gasteiger partial charge in [0.2, 0.25) is 9.84 Å². The minimum absolute atomic E-state index is 0.450. The highest BCUT2D eigenvalue weighted by atomic mass is 32.2. The summed E-state index contributed by atoms with van der Waals surface area (Å²) in [6.07, 6.45) is 0.845. The molecule has 1 aliphatic heterocycles. The van der Waals surface area contributed by atoms with Gasteiger partial charge in [-0.2, -0.15) is 0 Å². The van der Waals surface area contributed by atoms with Crippen LogP contribution in [0.3, 0.4) is 0 Å². The largest absolute Gasteiger partial charge is 0.218 e. The van der Waals surface area contributed by atoms with Crippen LogP contribution in [0.25, 0.3) is 11.1 Å². The standard InChI is InChI=1S/C15H14O2S/c1-3-11-5-7-13-12-6-4-10(2)8-14(12)18(16,17)15(13)9-11/h4-9H,3H2,1-2H3. The fraction of sp³-hybridized carbons (Fsp3) is 0.200. The summed E-state index contributed by atoms with van der Waals surface area (Å²) in [5.41, 5.74) is 3.70. The zero-order valence-corrected chi connectivity index (χ0v) is 11.2. The molecule has 0 N–H and O–H groups in total. The van der Waals surface area contributed by atoms with Crippen LogP contribution in [-0.4, -0.2) is 8.42 Å². The molecule has 0 atom stereocenters. The Balaban J connectivity index is 2.38. The smallest absolute Gasteiger partial charge is 0.207 e. The summed E-state index contributed by atoms with van der Waals surface area (Å²) in [7, 11) is -3.32. The summed E-state index contributed by atoms with van der Waals surface area (Å²) in [4.78, 5) is 0.910. The van der Waals surface area contributed by atoms with Crippen molar-refractivity contribution in [3.8, 4) is 11.1 Å². The molecule has 1 aliphatic rings. The maximum absolute atomic E-state index is 12.5. The Labute approximate surface area is 107 Å². The van der Waals surface area contributed by atoms with Gasteiger partial charge in [0, 0.05) is 11.1 Å². The Hall–Kier alpha value is -1.61. The van der Waals surface area contributed by atoms with Gasteiger partial charge in [-0.05, 0) is 36.6 Å². The van der Waals surface area contributed by atoms with Crippen LogP contribution in [0, 0.1) is 6.92 Å². The minimum atomic E-state index is -3.32.